The van der Waals surface area contributed by atoms with E-state index in [2.05, 4.69) is 0 Å². The summed E-state index contributed by atoms with van der Waals surface area (Å²) in [6.45, 7) is 0.186. The van der Waals surface area contributed by atoms with Gasteiger partial charge < -0.3 is 9.64 Å². The molecule has 0 aliphatic rings. The minimum Gasteiger partial charge on any atom is -0.494 e. The van der Waals surface area contributed by atoms with Crippen molar-refractivity contribution in [2.75, 3.05) is 14.2 Å². The summed E-state index contributed by atoms with van der Waals surface area (Å²) >= 11 is 0.813. The highest BCUT2D eigenvalue weighted by molar-refractivity contribution is 7.17. The Morgan fingerprint density at radius 1 is 1.41 bits per heavy atom. The van der Waals surface area contributed by atoms with Crippen LogP contribution in [0.2, 0.25) is 0 Å². The first-order valence-electron chi connectivity index (χ1n) is 6.24. The van der Waals surface area contributed by atoms with Crippen molar-refractivity contribution in [2.24, 2.45) is 0 Å². The molecule has 0 aliphatic heterocycles. The molecular weight excluding hydrogens is 311 g/mol. The highest BCUT2D eigenvalue weighted by atomic mass is 32.1. The molecule has 0 saturated heterocycles. The molecule has 2 aromatic rings. The molecule has 1 aromatic heterocycles. The molecule has 0 fully saturated rings. The average molecular weight is 324 g/mol. The summed E-state index contributed by atoms with van der Waals surface area (Å²) in [5.41, 5.74) is 0.597. The zero-order valence-electron chi connectivity index (χ0n) is 11.9. The number of hydrogen-bond donors (Lipinski definition) is 0. The Kier molecular flexibility index (Phi) is 4.71. The molecule has 8 heteroatoms. The third-order valence-electron chi connectivity index (χ3n) is 2.97. The summed E-state index contributed by atoms with van der Waals surface area (Å²) in [4.78, 5) is 23.9. The van der Waals surface area contributed by atoms with E-state index >= 15 is 0 Å². The van der Waals surface area contributed by atoms with E-state index < -0.39 is 10.7 Å². The van der Waals surface area contributed by atoms with Gasteiger partial charge in [-0.15, -0.1) is 0 Å². The summed E-state index contributed by atoms with van der Waals surface area (Å²) in [5, 5.41) is 10.5. The smallest absolute Gasteiger partial charge is 0.324 e. The van der Waals surface area contributed by atoms with E-state index in [0.29, 0.717) is 5.56 Å². The number of rotatable bonds is 5. The maximum Gasteiger partial charge on any atom is 0.324 e. The van der Waals surface area contributed by atoms with Crippen LogP contribution in [0.15, 0.2) is 30.3 Å². The summed E-state index contributed by atoms with van der Waals surface area (Å²) in [6.07, 6.45) is 0. The van der Waals surface area contributed by atoms with Crippen LogP contribution in [-0.2, 0) is 6.54 Å². The summed E-state index contributed by atoms with van der Waals surface area (Å²) < 4.78 is 18.4. The second kappa shape index (κ2) is 6.52. The molecule has 116 valence electrons. The van der Waals surface area contributed by atoms with Gasteiger partial charge in [-0.05, 0) is 23.8 Å². The number of thiophene rings is 1. The molecule has 0 unspecified atom stereocenters. The lowest BCUT2D eigenvalue weighted by atomic mass is 10.2. The van der Waals surface area contributed by atoms with E-state index in [1.807, 2.05) is 0 Å². The van der Waals surface area contributed by atoms with E-state index in [9.17, 15) is 19.3 Å². The number of nitrogens with zero attached hydrogens (tertiary/aromatic N) is 2. The molecule has 1 heterocycles. The van der Waals surface area contributed by atoms with Gasteiger partial charge in [0.2, 0.25) is 0 Å². The van der Waals surface area contributed by atoms with Gasteiger partial charge in [0.05, 0.1) is 16.9 Å². The van der Waals surface area contributed by atoms with E-state index in [0.717, 1.165) is 11.3 Å². The predicted molar refractivity (Wildman–Crippen MR) is 79.7 cm³/mol. The molecule has 1 amide bonds. The Balaban J connectivity index is 2.10. The van der Waals surface area contributed by atoms with Gasteiger partial charge >= 0.3 is 5.00 Å². The van der Waals surface area contributed by atoms with Crippen LogP contribution in [0.4, 0.5) is 9.39 Å². The van der Waals surface area contributed by atoms with E-state index in [4.69, 9.17) is 4.74 Å². The van der Waals surface area contributed by atoms with Gasteiger partial charge in [0.1, 0.15) is 0 Å². The van der Waals surface area contributed by atoms with Crippen molar-refractivity contribution >= 4 is 22.2 Å². The molecule has 0 bridgehead atoms. The number of benzene rings is 1. The average Bonchev–Trinajstić information content (AvgIpc) is 2.96. The molecule has 0 spiro atoms. The van der Waals surface area contributed by atoms with E-state index in [1.165, 1.54) is 36.3 Å². The van der Waals surface area contributed by atoms with E-state index in [1.54, 1.807) is 13.1 Å². The van der Waals surface area contributed by atoms with Crippen molar-refractivity contribution in [3.05, 3.63) is 56.7 Å². The Labute approximate surface area is 129 Å². The molecule has 0 aliphatic carbocycles. The first kappa shape index (κ1) is 15.9. The van der Waals surface area contributed by atoms with Gasteiger partial charge in [0, 0.05) is 19.7 Å². The molecule has 2 rings (SSSR count). The van der Waals surface area contributed by atoms with Crippen LogP contribution in [-0.4, -0.2) is 29.9 Å². The number of carbonyl (C=O) groups is 1. The standard InChI is InChI=1S/C14H13FN2O4S/c1-16(8-9-3-4-11(21-2)10(15)7-9)14(18)12-5-6-13(22-12)17(19)20/h3-7H,8H2,1-2H3. The first-order valence-corrected chi connectivity index (χ1v) is 7.06. The Hall–Kier alpha value is -2.48. The van der Waals surface area contributed by atoms with Crippen LogP contribution in [0, 0.1) is 15.9 Å². The monoisotopic (exact) mass is 324 g/mol. The van der Waals surface area contributed by atoms with Gasteiger partial charge in [-0.25, -0.2) is 4.39 Å². The van der Waals surface area contributed by atoms with Gasteiger partial charge in [-0.3, -0.25) is 14.9 Å². The Bertz CT molecular complexity index is 717. The Morgan fingerprint density at radius 3 is 2.68 bits per heavy atom. The molecular formula is C14H13FN2O4S. The number of nitro groups is 1. The second-order valence-electron chi connectivity index (χ2n) is 4.53. The fourth-order valence-electron chi connectivity index (χ4n) is 1.88. The van der Waals surface area contributed by atoms with Crippen LogP contribution in [0.5, 0.6) is 5.75 Å². The van der Waals surface area contributed by atoms with Crippen molar-refractivity contribution < 1.29 is 18.8 Å². The number of halogens is 1. The van der Waals surface area contributed by atoms with Gasteiger partial charge in [-0.2, -0.15) is 0 Å². The fraction of sp³-hybridized carbons (Fsp3) is 0.214. The highest BCUT2D eigenvalue weighted by Crippen LogP contribution is 2.25. The first-order chi connectivity index (χ1) is 10.4. The molecule has 22 heavy (non-hydrogen) atoms. The molecule has 0 saturated carbocycles. The minimum absolute atomic E-state index is 0.0905. The normalized spacial score (nSPS) is 10.3. The van der Waals surface area contributed by atoms with Crippen molar-refractivity contribution in [3.63, 3.8) is 0 Å². The summed E-state index contributed by atoms with van der Waals surface area (Å²) in [7, 11) is 2.92. The lowest BCUT2D eigenvalue weighted by molar-refractivity contribution is -0.380. The highest BCUT2D eigenvalue weighted by Gasteiger charge is 2.18. The van der Waals surface area contributed by atoms with Crippen molar-refractivity contribution in [3.8, 4) is 5.75 Å². The zero-order chi connectivity index (χ0) is 16.3. The SMILES string of the molecule is COc1ccc(CN(C)C(=O)c2ccc([N+](=O)[O-])s2)cc1F. The number of methoxy groups -OCH3 is 1. The number of ether oxygens (including phenoxy) is 1. The molecule has 1 aromatic carbocycles. The zero-order valence-corrected chi connectivity index (χ0v) is 12.7. The molecule has 0 radical (unpaired) electrons. The lowest BCUT2D eigenvalue weighted by Crippen LogP contribution is -2.25. The van der Waals surface area contributed by atoms with Crippen LogP contribution in [0.25, 0.3) is 0 Å². The van der Waals surface area contributed by atoms with Crippen molar-refractivity contribution in [1.82, 2.24) is 4.90 Å². The van der Waals surface area contributed by atoms with Gasteiger partial charge in [0.25, 0.3) is 5.91 Å². The minimum atomic E-state index is -0.541. The number of amides is 1. The van der Waals surface area contributed by atoms with Crippen LogP contribution < -0.4 is 4.74 Å². The molecule has 6 nitrogen and oxygen atoms in total. The second-order valence-corrected chi connectivity index (χ2v) is 5.59. The van der Waals surface area contributed by atoms with Crippen molar-refractivity contribution in [1.29, 1.82) is 0 Å². The summed E-state index contributed by atoms with van der Waals surface area (Å²) in [5.74, 6) is -0.728. The number of hydrogen-bond acceptors (Lipinski definition) is 5. The maximum atomic E-state index is 13.6. The van der Waals surface area contributed by atoms with Crippen molar-refractivity contribution in [2.45, 2.75) is 6.54 Å². The lowest BCUT2D eigenvalue weighted by Gasteiger charge is -2.16. The molecule has 0 atom stereocenters. The van der Waals surface area contributed by atoms with E-state index in [-0.39, 0.29) is 28.1 Å². The number of carbonyl (C=O) groups excluding carboxylic acids is 1. The van der Waals surface area contributed by atoms with Gasteiger partial charge in [0.15, 0.2) is 11.6 Å². The summed E-state index contributed by atoms with van der Waals surface area (Å²) in [6, 6.07) is 7.13. The third-order valence-corrected chi connectivity index (χ3v) is 3.99. The largest absolute Gasteiger partial charge is 0.494 e. The predicted octanol–water partition coefficient (Wildman–Crippen LogP) is 3.08. The van der Waals surface area contributed by atoms with Crippen LogP contribution in [0.1, 0.15) is 15.2 Å². The van der Waals surface area contributed by atoms with Crippen LogP contribution in [0.3, 0.4) is 0 Å². The van der Waals surface area contributed by atoms with Gasteiger partial charge in [-0.1, -0.05) is 17.4 Å². The quantitative estimate of drug-likeness (QED) is 0.626. The maximum absolute atomic E-state index is 13.6. The topological polar surface area (TPSA) is 72.7 Å². The molecule has 0 N–H and O–H groups in total. The Morgan fingerprint density at radius 2 is 2.14 bits per heavy atom. The van der Waals surface area contributed by atoms with Crippen LogP contribution >= 0.6 is 11.3 Å². The fourth-order valence-corrected chi connectivity index (χ4v) is 2.70. The third kappa shape index (κ3) is 3.40.